The summed E-state index contributed by atoms with van der Waals surface area (Å²) in [6.07, 6.45) is 0. The van der Waals surface area contributed by atoms with Crippen molar-refractivity contribution < 1.29 is 9.21 Å². The van der Waals surface area contributed by atoms with Crippen molar-refractivity contribution in [1.29, 1.82) is 0 Å². The number of carbonyl (C=O) groups excluding carboxylic acids is 1. The van der Waals surface area contributed by atoms with Crippen LogP contribution in [0.25, 0.3) is 22.6 Å². The zero-order valence-corrected chi connectivity index (χ0v) is 11.9. The number of hydrogen-bond acceptors (Lipinski definition) is 4. The molecule has 0 radical (unpaired) electrons. The van der Waals surface area contributed by atoms with Crippen LogP contribution in [0.5, 0.6) is 0 Å². The molecule has 20 heavy (non-hydrogen) atoms. The first-order valence-electron chi connectivity index (χ1n) is 5.78. The number of pyridine rings is 1. The Morgan fingerprint density at radius 1 is 1.10 bits per heavy atom. The van der Waals surface area contributed by atoms with Crippen LogP contribution in [0.4, 0.5) is 0 Å². The summed E-state index contributed by atoms with van der Waals surface area (Å²) in [5.74, 6) is 0.360. The number of hydrogen-bond donors (Lipinski definition) is 0. The van der Waals surface area contributed by atoms with Gasteiger partial charge in [-0.2, -0.15) is 0 Å². The number of benzene rings is 1. The van der Waals surface area contributed by atoms with E-state index in [1.165, 1.54) is 6.92 Å². The highest BCUT2D eigenvalue weighted by Gasteiger charge is 2.11. The van der Waals surface area contributed by atoms with Crippen LogP contribution in [0.1, 0.15) is 17.3 Å². The molecule has 0 saturated heterocycles. The lowest BCUT2D eigenvalue weighted by atomic mass is 10.1. The maximum atomic E-state index is 11.4. The number of Topliss-reactive ketones (excluding diaryl/α,β-unsaturated/α-hetero) is 1. The molecule has 0 fully saturated rings. The van der Waals surface area contributed by atoms with E-state index in [0.29, 0.717) is 28.1 Å². The van der Waals surface area contributed by atoms with Crippen LogP contribution in [0.15, 0.2) is 34.7 Å². The highest BCUT2D eigenvalue weighted by Crippen LogP contribution is 2.28. The number of aromatic nitrogens is 2. The first-order valence-corrected chi connectivity index (χ1v) is 6.53. The van der Waals surface area contributed by atoms with E-state index in [-0.39, 0.29) is 16.1 Å². The van der Waals surface area contributed by atoms with Crippen molar-refractivity contribution in [2.75, 3.05) is 0 Å². The second kappa shape index (κ2) is 4.89. The van der Waals surface area contributed by atoms with E-state index in [2.05, 4.69) is 9.97 Å². The highest BCUT2D eigenvalue weighted by molar-refractivity contribution is 6.32. The van der Waals surface area contributed by atoms with Crippen LogP contribution in [-0.2, 0) is 0 Å². The van der Waals surface area contributed by atoms with Crippen molar-refractivity contribution in [3.63, 3.8) is 0 Å². The Labute approximate surface area is 124 Å². The first kappa shape index (κ1) is 13.1. The molecular weight excluding hydrogens is 299 g/mol. The van der Waals surface area contributed by atoms with Crippen molar-refractivity contribution in [2.45, 2.75) is 6.92 Å². The Balaban J connectivity index is 2.15. The van der Waals surface area contributed by atoms with E-state index in [1.807, 2.05) is 0 Å². The minimum absolute atomic E-state index is 0.0218. The molecule has 1 aromatic carbocycles. The van der Waals surface area contributed by atoms with E-state index >= 15 is 0 Å². The smallest absolute Gasteiger partial charge is 0.227 e. The van der Waals surface area contributed by atoms with Gasteiger partial charge in [0.25, 0.3) is 0 Å². The van der Waals surface area contributed by atoms with Crippen LogP contribution in [0, 0.1) is 0 Å². The molecule has 0 bridgehead atoms. The van der Waals surface area contributed by atoms with Gasteiger partial charge in [-0.3, -0.25) is 4.79 Å². The van der Waals surface area contributed by atoms with E-state index in [1.54, 1.807) is 30.3 Å². The van der Waals surface area contributed by atoms with Gasteiger partial charge in [-0.15, -0.1) is 0 Å². The number of halogens is 2. The van der Waals surface area contributed by atoms with Gasteiger partial charge in [0, 0.05) is 11.1 Å². The van der Waals surface area contributed by atoms with Crippen molar-refractivity contribution in [2.24, 2.45) is 0 Å². The molecule has 0 aliphatic heterocycles. The lowest BCUT2D eigenvalue weighted by molar-refractivity contribution is 0.101. The quantitative estimate of drug-likeness (QED) is 0.520. The summed E-state index contributed by atoms with van der Waals surface area (Å²) >= 11 is 11.7. The molecule has 0 amide bonds. The third-order valence-corrected chi connectivity index (χ3v) is 3.19. The molecule has 4 nitrogen and oxygen atoms in total. The second-order valence-corrected chi connectivity index (χ2v) is 5.03. The van der Waals surface area contributed by atoms with Crippen molar-refractivity contribution in [3.8, 4) is 11.5 Å². The van der Waals surface area contributed by atoms with Crippen LogP contribution >= 0.6 is 23.2 Å². The molecule has 3 aromatic rings. The summed E-state index contributed by atoms with van der Waals surface area (Å²) in [7, 11) is 0. The van der Waals surface area contributed by atoms with Gasteiger partial charge in [0.15, 0.2) is 11.4 Å². The van der Waals surface area contributed by atoms with Crippen molar-refractivity contribution in [3.05, 3.63) is 46.2 Å². The summed E-state index contributed by atoms with van der Waals surface area (Å²) in [5.41, 5.74) is 2.42. The number of oxazole rings is 1. The summed E-state index contributed by atoms with van der Waals surface area (Å²) in [4.78, 5) is 19.6. The summed E-state index contributed by atoms with van der Waals surface area (Å²) < 4.78 is 5.63. The second-order valence-electron chi connectivity index (χ2n) is 4.26. The molecule has 2 heterocycles. The van der Waals surface area contributed by atoms with Gasteiger partial charge < -0.3 is 4.42 Å². The van der Waals surface area contributed by atoms with Crippen LogP contribution in [0.2, 0.25) is 10.3 Å². The molecule has 0 aliphatic carbocycles. The zero-order valence-electron chi connectivity index (χ0n) is 10.4. The lowest BCUT2D eigenvalue weighted by Crippen LogP contribution is -1.90. The van der Waals surface area contributed by atoms with Crippen molar-refractivity contribution in [1.82, 2.24) is 9.97 Å². The van der Waals surface area contributed by atoms with E-state index in [4.69, 9.17) is 27.6 Å². The van der Waals surface area contributed by atoms with E-state index in [0.717, 1.165) is 0 Å². The molecule has 0 atom stereocenters. The normalized spacial score (nSPS) is 10.9. The number of rotatable bonds is 2. The fourth-order valence-corrected chi connectivity index (χ4v) is 2.32. The Morgan fingerprint density at radius 2 is 1.80 bits per heavy atom. The maximum Gasteiger partial charge on any atom is 0.227 e. The van der Waals surface area contributed by atoms with Crippen LogP contribution < -0.4 is 0 Å². The SMILES string of the molecule is CC(=O)c1ccc2oc(-c3cc(Cl)nc(Cl)c3)nc2c1. The van der Waals surface area contributed by atoms with Crippen molar-refractivity contribution >= 4 is 40.1 Å². The minimum atomic E-state index is -0.0218. The number of carbonyl (C=O) groups is 1. The molecule has 0 spiro atoms. The molecule has 2 aromatic heterocycles. The Bertz CT molecular complexity index is 807. The van der Waals surface area contributed by atoms with Gasteiger partial charge in [-0.05, 0) is 37.3 Å². The monoisotopic (exact) mass is 306 g/mol. The van der Waals surface area contributed by atoms with Gasteiger partial charge in [0.2, 0.25) is 5.89 Å². The molecule has 0 N–H and O–H groups in total. The summed E-state index contributed by atoms with van der Waals surface area (Å²) in [5, 5.41) is 0.526. The van der Waals surface area contributed by atoms with Crippen LogP contribution in [-0.4, -0.2) is 15.8 Å². The van der Waals surface area contributed by atoms with Gasteiger partial charge in [0.1, 0.15) is 15.8 Å². The Morgan fingerprint density at radius 3 is 2.45 bits per heavy atom. The largest absolute Gasteiger partial charge is 0.436 e. The first-order chi connectivity index (χ1) is 9.52. The molecule has 6 heteroatoms. The molecule has 0 aliphatic rings. The molecular formula is C14H8Cl2N2O2. The lowest BCUT2D eigenvalue weighted by Gasteiger charge is -1.96. The Kier molecular flexibility index (Phi) is 3.20. The van der Waals surface area contributed by atoms with Gasteiger partial charge in [-0.25, -0.2) is 9.97 Å². The van der Waals surface area contributed by atoms with Crippen LogP contribution in [0.3, 0.4) is 0 Å². The predicted molar refractivity (Wildman–Crippen MR) is 77.3 cm³/mol. The average molecular weight is 307 g/mol. The van der Waals surface area contributed by atoms with E-state index in [9.17, 15) is 4.79 Å². The minimum Gasteiger partial charge on any atom is -0.436 e. The molecule has 0 saturated carbocycles. The predicted octanol–water partition coefficient (Wildman–Crippen LogP) is 4.40. The van der Waals surface area contributed by atoms with Gasteiger partial charge in [-0.1, -0.05) is 23.2 Å². The third kappa shape index (κ3) is 2.40. The average Bonchev–Trinajstić information content (AvgIpc) is 2.80. The summed E-state index contributed by atoms with van der Waals surface area (Å²) in [6.45, 7) is 1.50. The zero-order chi connectivity index (χ0) is 14.3. The molecule has 0 unspecified atom stereocenters. The standard InChI is InChI=1S/C14H8Cl2N2O2/c1-7(19)8-2-3-11-10(4-8)17-14(20-11)9-5-12(15)18-13(16)6-9/h2-6H,1H3. The maximum absolute atomic E-state index is 11.4. The van der Waals surface area contributed by atoms with Gasteiger partial charge in [0.05, 0.1) is 0 Å². The number of fused-ring (bicyclic) bond motifs is 1. The highest BCUT2D eigenvalue weighted by atomic mass is 35.5. The Hall–Kier alpha value is -1.91. The third-order valence-electron chi connectivity index (χ3n) is 2.80. The van der Waals surface area contributed by atoms with E-state index < -0.39 is 0 Å². The van der Waals surface area contributed by atoms with Gasteiger partial charge >= 0.3 is 0 Å². The molecule has 3 rings (SSSR count). The fraction of sp³-hybridized carbons (Fsp3) is 0.0714. The topological polar surface area (TPSA) is 56.0 Å². The molecule has 100 valence electrons. The number of ketones is 1. The summed E-state index contributed by atoms with van der Waals surface area (Å²) in [6, 6.07) is 8.34. The fourth-order valence-electron chi connectivity index (χ4n) is 1.86. The number of nitrogens with zero attached hydrogens (tertiary/aromatic N) is 2.